The van der Waals surface area contributed by atoms with Gasteiger partial charge in [-0.15, -0.1) is 0 Å². The van der Waals surface area contributed by atoms with E-state index in [1.807, 2.05) is 50.2 Å². The van der Waals surface area contributed by atoms with Crippen molar-refractivity contribution in [3.63, 3.8) is 0 Å². The number of benzene rings is 3. The maximum Gasteiger partial charge on any atom is 0.270 e. The van der Waals surface area contributed by atoms with Crippen molar-refractivity contribution in [3.05, 3.63) is 116 Å². The van der Waals surface area contributed by atoms with Gasteiger partial charge in [-0.1, -0.05) is 36.4 Å². The van der Waals surface area contributed by atoms with Crippen molar-refractivity contribution in [2.75, 3.05) is 4.90 Å². The van der Waals surface area contributed by atoms with Crippen LogP contribution in [0.15, 0.2) is 77.6 Å². The number of carbonyl (C=O) groups excluding carboxylic acids is 1. The Morgan fingerprint density at radius 1 is 1.00 bits per heavy atom. The quantitative estimate of drug-likeness (QED) is 0.362. The normalized spacial score (nSPS) is 10.8. The molecule has 0 aliphatic carbocycles. The molecule has 7 nitrogen and oxygen atoms in total. The van der Waals surface area contributed by atoms with Gasteiger partial charge in [0.05, 0.1) is 17.0 Å². The summed E-state index contributed by atoms with van der Waals surface area (Å²) in [4.78, 5) is 41.3. The van der Waals surface area contributed by atoms with Crippen molar-refractivity contribution < 1.29 is 9.72 Å². The van der Waals surface area contributed by atoms with Gasteiger partial charge in [0.25, 0.3) is 17.2 Å². The fourth-order valence-corrected chi connectivity index (χ4v) is 3.70. The molecule has 0 atom stereocenters. The number of nitrogens with zero attached hydrogens (tertiary/aromatic N) is 2. The summed E-state index contributed by atoms with van der Waals surface area (Å²) in [6.45, 7) is 3.85. The number of anilines is 1. The number of amides is 1. The van der Waals surface area contributed by atoms with Crippen LogP contribution in [0.4, 0.5) is 11.4 Å². The Hall–Kier alpha value is -4.26. The largest absolute Gasteiger partial charge is 0.321 e. The number of non-ortho nitro benzene ring substituents is 1. The second kappa shape index (κ2) is 8.47. The van der Waals surface area contributed by atoms with E-state index in [0.29, 0.717) is 11.3 Å². The van der Waals surface area contributed by atoms with Crippen LogP contribution in [0.5, 0.6) is 0 Å². The Morgan fingerprint density at radius 2 is 1.75 bits per heavy atom. The van der Waals surface area contributed by atoms with Gasteiger partial charge in [0.15, 0.2) is 0 Å². The third-order valence-electron chi connectivity index (χ3n) is 5.36. The number of pyridine rings is 1. The number of nitro groups is 1. The Labute approximate surface area is 184 Å². The first-order chi connectivity index (χ1) is 15.3. The highest BCUT2D eigenvalue weighted by Gasteiger charge is 2.22. The van der Waals surface area contributed by atoms with Crippen LogP contribution in [0.3, 0.4) is 0 Å². The average molecular weight is 427 g/mol. The minimum absolute atomic E-state index is 0.0180. The predicted octanol–water partition coefficient (Wildman–Crippen LogP) is 4.90. The molecule has 0 bridgehead atoms. The number of nitrogens with one attached hydrogen (secondary N) is 1. The lowest BCUT2D eigenvalue weighted by Gasteiger charge is -2.23. The van der Waals surface area contributed by atoms with Gasteiger partial charge < -0.3 is 9.88 Å². The minimum atomic E-state index is -0.538. The van der Waals surface area contributed by atoms with E-state index < -0.39 is 10.8 Å². The van der Waals surface area contributed by atoms with Crippen LogP contribution in [-0.4, -0.2) is 15.8 Å². The molecule has 1 aromatic heterocycles. The molecule has 7 heteroatoms. The molecule has 0 unspecified atom stereocenters. The summed E-state index contributed by atoms with van der Waals surface area (Å²) < 4.78 is 0. The SMILES string of the molecule is Cc1cccc(N(Cc2cc3cccc(C)c3[nH]c2=O)C(=O)c2cccc([N+](=O)[O-])c2)c1. The van der Waals surface area contributed by atoms with E-state index in [2.05, 4.69) is 4.98 Å². The number of fused-ring (bicyclic) bond motifs is 1. The molecule has 1 N–H and O–H groups in total. The number of aromatic nitrogens is 1. The molecule has 0 fully saturated rings. The summed E-state index contributed by atoms with van der Waals surface area (Å²) in [5.74, 6) is -0.428. The van der Waals surface area contributed by atoms with Crippen molar-refractivity contribution in [1.82, 2.24) is 4.98 Å². The van der Waals surface area contributed by atoms with Gasteiger partial charge in [0.2, 0.25) is 0 Å². The molecule has 32 heavy (non-hydrogen) atoms. The number of hydrogen-bond acceptors (Lipinski definition) is 4. The molecule has 1 amide bonds. The number of carbonyl (C=O) groups is 1. The molecule has 0 saturated carbocycles. The Morgan fingerprint density at radius 3 is 2.50 bits per heavy atom. The van der Waals surface area contributed by atoms with Crippen molar-refractivity contribution >= 4 is 28.2 Å². The molecule has 0 aliphatic rings. The van der Waals surface area contributed by atoms with Crippen molar-refractivity contribution in [3.8, 4) is 0 Å². The van der Waals surface area contributed by atoms with E-state index >= 15 is 0 Å². The fraction of sp³-hybridized carbons (Fsp3) is 0.120. The molecule has 0 spiro atoms. The Balaban J connectivity index is 1.81. The molecular formula is C25H21N3O4. The second-order valence-corrected chi connectivity index (χ2v) is 7.70. The zero-order valence-corrected chi connectivity index (χ0v) is 17.7. The number of aryl methyl sites for hydroxylation is 2. The van der Waals surface area contributed by atoms with Crippen molar-refractivity contribution in [2.24, 2.45) is 0 Å². The molecule has 3 aromatic carbocycles. The smallest absolute Gasteiger partial charge is 0.270 e. The summed E-state index contributed by atoms with van der Waals surface area (Å²) in [7, 11) is 0. The van der Waals surface area contributed by atoms with Crippen LogP contribution < -0.4 is 10.5 Å². The topological polar surface area (TPSA) is 96.3 Å². The number of hydrogen-bond donors (Lipinski definition) is 1. The van der Waals surface area contributed by atoms with Gasteiger partial charge in [-0.3, -0.25) is 19.7 Å². The van der Waals surface area contributed by atoms with Crippen LogP contribution in [0.25, 0.3) is 10.9 Å². The summed E-state index contributed by atoms with van der Waals surface area (Å²) in [6.07, 6.45) is 0. The fourth-order valence-electron chi connectivity index (χ4n) is 3.70. The average Bonchev–Trinajstić information content (AvgIpc) is 2.78. The van der Waals surface area contributed by atoms with Gasteiger partial charge >= 0.3 is 0 Å². The van der Waals surface area contributed by atoms with Crippen molar-refractivity contribution in [2.45, 2.75) is 20.4 Å². The zero-order chi connectivity index (χ0) is 22.8. The van der Waals surface area contributed by atoms with E-state index in [0.717, 1.165) is 22.0 Å². The van der Waals surface area contributed by atoms with Gasteiger partial charge in [-0.2, -0.15) is 0 Å². The third-order valence-corrected chi connectivity index (χ3v) is 5.36. The highest BCUT2D eigenvalue weighted by atomic mass is 16.6. The highest BCUT2D eigenvalue weighted by molar-refractivity contribution is 6.06. The number of para-hydroxylation sites is 1. The number of nitro benzene ring substituents is 1. The maximum atomic E-state index is 13.5. The molecular weight excluding hydrogens is 406 g/mol. The molecule has 0 radical (unpaired) electrons. The lowest BCUT2D eigenvalue weighted by atomic mass is 10.1. The molecule has 0 saturated heterocycles. The zero-order valence-electron chi connectivity index (χ0n) is 17.7. The van der Waals surface area contributed by atoms with Crippen LogP contribution in [0.1, 0.15) is 27.0 Å². The third kappa shape index (κ3) is 4.13. The number of rotatable bonds is 5. The van der Waals surface area contributed by atoms with Gasteiger partial charge in [-0.05, 0) is 54.6 Å². The second-order valence-electron chi connectivity index (χ2n) is 7.70. The van der Waals surface area contributed by atoms with E-state index in [9.17, 15) is 19.7 Å². The first-order valence-corrected chi connectivity index (χ1v) is 10.1. The highest BCUT2D eigenvalue weighted by Crippen LogP contribution is 2.24. The van der Waals surface area contributed by atoms with Crippen LogP contribution in [0, 0.1) is 24.0 Å². The van der Waals surface area contributed by atoms with E-state index in [1.165, 1.54) is 29.2 Å². The molecule has 0 aliphatic heterocycles. The number of H-pyrrole nitrogens is 1. The molecule has 4 rings (SSSR count). The van der Waals surface area contributed by atoms with Crippen LogP contribution in [-0.2, 0) is 6.54 Å². The first kappa shape index (κ1) is 21.0. The van der Waals surface area contributed by atoms with E-state index in [-0.39, 0.29) is 23.4 Å². The van der Waals surface area contributed by atoms with Gasteiger partial charge in [0, 0.05) is 28.9 Å². The van der Waals surface area contributed by atoms with E-state index in [4.69, 9.17) is 0 Å². The Kier molecular flexibility index (Phi) is 5.55. The van der Waals surface area contributed by atoms with Gasteiger partial charge in [0.1, 0.15) is 0 Å². The maximum absolute atomic E-state index is 13.5. The van der Waals surface area contributed by atoms with Gasteiger partial charge in [-0.25, -0.2) is 0 Å². The van der Waals surface area contributed by atoms with Crippen molar-refractivity contribution in [1.29, 1.82) is 0 Å². The standard InChI is InChI=1S/C25H21N3O4/c1-16-6-3-10-21(12-16)27(25(30)19-9-5-11-22(14-19)28(31)32)15-20-13-18-8-4-7-17(2)23(18)26-24(20)29/h3-14H,15H2,1-2H3,(H,26,29). The molecule has 160 valence electrons. The summed E-state index contributed by atoms with van der Waals surface area (Å²) in [6, 6.07) is 20.5. The molecule has 4 aromatic rings. The first-order valence-electron chi connectivity index (χ1n) is 10.1. The lowest BCUT2D eigenvalue weighted by molar-refractivity contribution is -0.384. The Bertz CT molecular complexity index is 1410. The van der Waals surface area contributed by atoms with Crippen LogP contribution >= 0.6 is 0 Å². The lowest BCUT2D eigenvalue weighted by Crippen LogP contribution is -2.33. The summed E-state index contributed by atoms with van der Waals surface area (Å²) >= 11 is 0. The minimum Gasteiger partial charge on any atom is -0.321 e. The predicted molar refractivity (Wildman–Crippen MR) is 124 cm³/mol. The number of aromatic amines is 1. The monoisotopic (exact) mass is 427 g/mol. The summed E-state index contributed by atoms with van der Waals surface area (Å²) in [5, 5.41) is 12.1. The molecule has 1 heterocycles. The van der Waals surface area contributed by atoms with Crippen LogP contribution in [0.2, 0.25) is 0 Å². The van der Waals surface area contributed by atoms with E-state index in [1.54, 1.807) is 12.1 Å². The summed E-state index contributed by atoms with van der Waals surface area (Å²) in [5.41, 5.74) is 3.41.